The summed E-state index contributed by atoms with van der Waals surface area (Å²) in [4.78, 5) is 44.3. The zero-order valence-corrected chi connectivity index (χ0v) is 19.1. The van der Waals surface area contributed by atoms with Crippen LogP contribution in [-0.4, -0.2) is 75.6 Å². The molecule has 12 heteroatoms. The van der Waals surface area contributed by atoms with Crippen LogP contribution in [0, 0.1) is 12.8 Å². The van der Waals surface area contributed by atoms with Crippen LogP contribution in [0.2, 0.25) is 0 Å². The molecule has 1 aliphatic rings. The minimum atomic E-state index is -4.51. The first-order chi connectivity index (χ1) is 16.0. The summed E-state index contributed by atoms with van der Waals surface area (Å²) < 4.78 is 44.6. The van der Waals surface area contributed by atoms with Crippen LogP contribution in [0.4, 0.5) is 13.2 Å². The van der Waals surface area contributed by atoms with Crippen LogP contribution in [0.25, 0.3) is 5.82 Å². The third-order valence-electron chi connectivity index (χ3n) is 5.65. The average molecular weight is 481 g/mol. The number of hydrogen-bond acceptors (Lipinski definition) is 6. The Kier molecular flexibility index (Phi) is 7.57. The molecule has 0 aliphatic carbocycles. The van der Waals surface area contributed by atoms with Crippen molar-refractivity contribution in [2.75, 3.05) is 33.3 Å². The van der Waals surface area contributed by atoms with Crippen molar-refractivity contribution in [1.82, 2.24) is 24.6 Å². The number of carbonyl (C=O) groups excluding carboxylic acids is 3. The zero-order valence-electron chi connectivity index (χ0n) is 19.1. The Hall–Kier alpha value is -3.44. The van der Waals surface area contributed by atoms with E-state index in [2.05, 4.69) is 10.1 Å². The van der Waals surface area contributed by atoms with Gasteiger partial charge >= 0.3 is 12.1 Å². The summed E-state index contributed by atoms with van der Waals surface area (Å²) in [5, 5.41) is 4.08. The van der Waals surface area contributed by atoms with E-state index in [1.165, 1.54) is 28.9 Å². The predicted octanol–water partition coefficient (Wildman–Crippen LogP) is 2.47. The Balaban J connectivity index is 1.66. The molecule has 1 saturated heterocycles. The standard InChI is InChI=1S/C22H26F3N5O4/c1-4-34-21(33)15-6-5-9-29(12-15)19(31)13-28(3)20(32)17-11-27-30(14(17)2)18-8-7-16(10-26-18)22(23,24)25/h7-8,10-11,15H,4-6,9,12-13H2,1-3H3. The molecule has 1 unspecified atom stereocenters. The van der Waals surface area contributed by atoms with Crippen molar-refractivity contribution in [3.05, 3.63) is 41.3 Å². The van der Waals surface area contributed by atoms with Crippen molar-refractivity contribution in [3.63, 3.8) is 0 Å². The molecule has 2 aromatic rings. The van der Waals surface area contributed by atoms with E-state index in [4.69, 9.17) is 4.74 Å². The summed E-state index contributed by atoms with van der Waals surface area (Å²) in [6, 6.07) is 2.05. The van der Waals surface area contributed by atoms with Gasteiger partial charge in [0, 0.05) is 26.3 Å². The molecule has 1 atom stereocenters. The molecule has 0 radical (unpaired) electrons. The summed E-state index contributed by atoms with van der Waals surface area (Å²) in [5.74, 6) is -1.34. The number of hydrogen-bond donors (Lipinski definition) is 0. The molecule has 1 aliphatic heterocycles. The molecule has 0 bridgehead atoms. The number of likely N-dealkylation sites (N-methyl/N-ethyl adjacent to an activating group) is 1. The topological polar surface area (TPSA) is 97.6 Å². The molecule has 3 rings (SSSR count). The van der Waals surface area contributed by atoms with Gasteiger partial charge < -0.3 is 14.5 Å². The van der Waals surface area contributed by atoms with Gasteiger partial charge in [-0.25, -0.2) is 9.67 Å². The number of aromatic nitrogens is 3. The minimum absolute atomic E-state index is 0.126. The van der Waals surface area contributed by atoms with E-state index in [1.54, 1.807) is 18.7 Å². The van der Waals surface area contributed by atoms with E-state index in [-0.39, 0.29) is 48.9 Å². The third-order valence-corrected chi connectivity index (χ3v) is 5.65. The maximum absolute atomic E-state index is 12.9. The van der Waals surface area contributed by atoms with Gasteiger partial charge in [-0.05, 0) is 38.8 Å². The van der Waals surface area contributed by atoms with Gasteiger partial charge in [-0.15, -0.1) is 0 Å². The molecular weight excluding hydrogens is 455 g/mol. The Bertz CT molecular complexity index is 1050. The number of likely N-dealkylation sites (tertiary alicyclic amines) is 1. The van der Waals surface area contributed by atoms with Gasteiger partial charge in [-0.1, -0.05) is 0 Å². The van der Waals surface area contributed by atoms with Gasteiger partial charge in [-0.3, -0.25) is 14.4 Å². The maximum atomic E-state index is 12.9. The number of amides is 2. The van der Waals surface area contributed by atoms with Crippen LogP contribution < -0.4 is 0 Å². The fourth-order valence-corrected chi connectivity index (χ4v) is 3.77. The first-order valence-corrected chi connectivity index (χ1v) is 10.8. The van der Waals surface area contributed by atoms with Gasteiger partial charge in [0.2, 0.25) is 5.91 Å². The van der Waals surface area contributed by atoms with Gasteiger partial charge in [0.05, 0.1) is 42.1 Å². The van der Waals surface area contributed by atoms with E-state index in [0.717, 1.165) is 6.07 Å². The predicted molar refractivity (Wildman–Crippen MR) is 114 cm³/mol. The van der Waals surface area contributed by atoms with Crippen LogP contribution in [0.1, 0.15) is 41.4 Å². The fraction of sp³-hybridized carbons (Fsp3) is 0.500. The largest absolute Gasteiger partial charge is 0.466 e. The van der Waals surface area contributed by atoms with Gasteiger partial charge in [-0.2, -0.15) is 18.3 Å². The summed E-state index contributed by atoms with van der Waals surface area (Å²) >= 11 is 0. The van der Waals surface area contributed by atoms with Gasteiger partial charge in [0.1, 0.15) is 0 Å². The molecule has 34 heavy (non-hydrogen) atoms. The van der Waals surface area contributed by atoms with E-state index in [9.17, 15) is 27.6 Å². The lowest BCUT2D eigenvalue weighted by Gasteiger charge is -2.32. The molecular formula is C22H26F3N5O4. The van der Waals surface area contributed by atoms with E-state index in [1.807, 2.05) is 0 Å². The van der Waals surface area contributed by atoms with E-state index < -0.39 is 17.6 Å². The van der Waals surface area contributed by atoms with Crippen LogP contribution >= 0.6 is 0 Å². The van der Waals surface area contributed by atoms with Crippen LogP contribution in [0.3, 0.4) is 0 Å². The molecule has 2 amide bonds. The monoisotopic (exact) mass is 481 g/mol. The molecule has 184 valence electrons. The van der Waals surface area contributed by atoms with Crippen molar-refractivity contribution < 1.29 is 32.3 Å². The Labute approximate surface area is 194 Å². The fourth-order valence-electron chi connectivity index (χ4n) is 3.77. The second-order valence-corrected chi connectivity index (χ2v) is 8.05. The van der Waals surface area contributed by atoms with Crippen molar-refractivity contribution >= 4 is 17.8 Å². The zero-order chi connectivity index (χ0) is 25.0. The Morgan fingerprint density at radius 1 is 1.24 bits per heavy atom. The molecule has 0 spiro atoms. The average Bonchev–Trinajstić information content (AvgIpc) is 3.19. The highest BCUT2D eigenvalue weighted by atomic mass is 19.4. The van der Waals surface area contributed by atoms with Crippen molar-refractivity contribution in [2.45, 2.75) is 32.9 Å². The van der Waals surface area contributed by atoms with Crippen LogP contribution in [0.15, 0.2) is 24.5 Å². The summed E-state index contributed by atoms with van der Waals surface area (Å²) in [7, 11) is 1.47. The number of carbonyl (C=O) groups is 3. The quantitative estimate of drug-likeness (QED) is 0.588. The van der Waals surface area contributed by atoms with Crippen molar-refractivity contribution in [1.29, 1.82) is 0 Å². The lowest BCUT2D eigenvalue weighted by Crippen LogP contribution is -2.47. The first kappa shape index (κ1) is 25.2. The second-order valence-electron chi connectivity index (χ2n) is 8.05. The van der Waals surface area contributed by atoms with Crippen LogP contribution in [-0.2, 0) is 20.5 Å². The lowest BCUT2D eigenvalue weighted by molar-refractivity contribution is -0.151. The van der Waals surface area contributed by atoms with E-state index >= 15 is 0 Å². The molecule has 2 aromatic heterocycles. The van der Waals surface area contributed by atoms with E-state index in [0.29, 0.717) is 31.3 Å². The number of halogens is 3. The van der Waals surface area contributed by atoms with Crippen molar-refractivity contribution in [3.8, 4) is 5.82 Å². The normalized spacial score (nSPS) is 16.3. The molecule has 0 aromatic carbocycles. The molecule has 0 saturated carbocycles. The molecule has 9 nitrogen and oxygen atoms in total. The highest BCUT2D eigenvalue weighted by Crippen LogP contribution is 2.29. The maximum Gasteiger partial charge on any atom is 0.417 e. The Morgan fingerprint density at radius 3 is 2.59 bits per heavy atom. The number of ether oxygens (including phenoxy) is 1. The number of rotatable bonds is 6. The number of alkyl halides is 3. The van der Waals surface area contributed by atoms with Gasteiger partial charge in [0.15, 0.2) is 5.82 Å². The minimum Gasteiger partial charge on any atom is -0.466 e. The number of piperidine rings is 1. The Morgan fingerprint density at radius 2 is 1.97 bits per heavy atom. The van der Waals surface area contributed by atoms with Gasteiger partial charge in [0.25, 0.3) is 5.91 Å². The number of nitrogens with zero attached hydrogens (tertiary/aromatic N) is 5. The van der Waals surface area contributed by atoms with Crippen LogP contribution in [0.5, 0.6) is 0 Å². The molecule has 3 heterocycles. The van der Waals surface area contributed by atoms with Crippen molar-refractivity contribution in [2.24, 2.45) is 5.92 Å². The third kappa shape index (κ3) is 5.54. The summed E-state index contributed by atoms with van der Waals surface area (Å²) in [6.45, 7) is 4.13. The molecule has 0 N–H and O–H groups in total. The first-order valence-electron chi connectivity index (χ1n) is 10.8. The number of pyridine rings is 1. The second kappa shape index (κ2) is 10.2. The highest BCUT2D eigenvalue weighted by molar-refractivity contribution is 5.97. The smallest absolute Gasteiger partial charge is 0.417 e. The molecule has 1 fully saturated rings. The summed E-state index contributed by atoms with van der Waals surface area (Å²) in [6.07, 6.45) is -1.21. The SMILES string of the molecule is CCOC(=O)C1CCCN(C(=O)CN(C)C(=O)c2cnn(-c3ccc(C(F)(F)F)cn3)c2C)C1. The lowest BCUT2D eigenvalue weighted by atomic mass is 9.98. The highest BCUT2D eigenvalue weighted by Gasteiger charge is 2.32. The number of esters is 1. The summed E-state index contributed by atoms with van der Waals surface area (Å²) in [5.41, 5.74) is -0.324.